The summed E-state index contributed by atoms with van der Waals surface area (Å²) in [4.78, 5) is 16.3. The molecule has 0 spiro atoms. The van der Waals surface area contributed by atoms with E-state index in [2.05, 4.69) is 18.8 Å². The molecular weight excluding hydrogens is 282 g/mol. The zero-order valence-electron chi connectivity index (χ0n) is 12.8. The second-order valence-electron chi connectivity index (χ2n) is 4.95. The number of aryl methyl sites for hydroxylation is 2. The summed E-state index contributed by atoms with van der Waals surface area (Å²) < 4.78 is 5.35. The van der Waals surface area contributed by atoms with Crippen molar-refractivity contribution in [2.75, 3.05) is 0 Å². The fourth-order valence-electron chi connectivity index (χ4n) is 1.88. The van der Waals surface area contributed by atoms with Crippen LogP contribution in [0.1, 0.15) is 30.8 Å². The van der Waals surface area contributed by atoms with Gasteiger partial charge in [-0.15, -0.1) is 11.3 Å². The van der Waals surface area contributed by atoms with Crippen molar-refractivity contribution in [3.8, 4) is 11.3 Å². The Hall–Kier alpha value is -1.94. The van der Waals surface area contributed by atoms with Crippen LogP contribution in [-0.2, 0) is 0 Å². The van der Waals surface area contributed by atoms with Gasteiger partial charge in [0, 0.05) is 10.8 Å². The van der Waals surface area contributed by atoms with E-state index in [0.717, 1.165) is 16.0 Å². The molecule has 0 bridgehead atoms. The lowest BCUT2D eigenvalue weighted by Gasteiger charge is -2.00. The van der Waals surface area contributed by atoms with Gasteiger partial charge in [-0.3, -0.25) is 0 Å². The number of benzene rings is 1. The maximum Gasteiger partial charge on any atom is 0.345 e. The highest BCUT2D eigenvalue weighted by molar-refractivity contribution is 7.09. The first-order chi connectivity index (χ1) is 10.0. The molecule has 0 aliphatic rings. The number of hydrogen-bond acceptors (Lipinski definition) is 4. The molecule has 2 heterocycles. The van der Waals surface area contributed by atoms with Crippen LogP contribution in [-0.4, -0.2) is 4.98 Å². The molecule has 4 heteroatoms. The van der Waals surface area contributed by atoms with Crippen molar-refractivity contribution in [2.24, 2.45) is 0 Å². The summed E-state index contributed by atoms with van der Waals surface area (Å²) in [6.45, 7) is 8.14. The molecule has 1 aromatic carbocycles. The van der Waals surface area contributed by atoms with Gasteiger partial charge in [-0.05, 0) is 31.5 Å². The van der Waals surface area contributed by atoms with Gasteiger partial charge in [0.05, 0.1) is 16.3 Å². The summed E-state index contributed by atoms with van der Waals surface area (Å²) in [5.74, 6) is 0. The van der Waals surface area contributed by atoms with E-state index < -0.39 is 0 Å². The number of thiazole rings is 1. The quantitative estimate of drug-likeness (QED) is 0.597. The van der Waals surface area contributed by atoms with Crippen molar-refractivity contribution >= 4 is 22.3 Å². The number of aromatic nitrogens is 1. The molecule has 0 saturated heterocycles. The second kappa shape index (κ2) is 6.68. The predicted octanol–water partition coefficient (Wildman–Crippen LogP) is 4.95. The molecule has 0 N–H and O–H groups in total. The molecule has 0 aliphatic carbocycles. The molecule has 2 aromatic heterocycles. The first-order valence-corrected chi connectivity index (χ1v) is 7.90. The molecule has 0 fully saturated rings. The van der Waals surface area contributed by atoms with Crippen molar-refractivity contribution in [2.45, 2.75) is 34.1 Å². The highest BCUT2D eigenvalue weighted by atomic mass is 32.1. The van der Waals surface area contributed by atoms with Gasteiger partial charge in [0.25, 0.3) is 0 Å². The largest absolute Gasteiger partial charge is 0.422 e. The molecule has 110 valence electrons. The number of rotatable bonds is 1. The van der Waals surface area contributed by atoms with Crippen molar-refractivity contribution in [1.82, 2.24) is 4.98 Å². The predicted molar refractivity (Wildman–Crippen MR) is 89.0 cm³/mol. The van der Waals surface area contributed by atoms with Crippen LogP contribution < -0.4 is 5.63 Å². The molecule has 21 heavy (non-hydrogen) atoms. The summed E-state index contributed by atoms with van der Waals surface area (Å²) in [5, 5.41) is 3.73. The molecule has 0 saturated carbocycles. The van der Waals surface area contributed by atoms with Crippen LogP contribution in [0.25, 0.3) is 22.2 Å². The van der Waals surface area contributed by atoms with Gasteiger partial charge in [-0.25, -0.2) is 9.78 Å². The van der Waals surface area contributed by atoms with Crippen molar-refractivity contribution in [3.05, 3.63) is 50.6 Å². The van der Waals surface area contributed by atoms with Crippen LogP contribution in [0.3, 0.4) is 0 Å². The Morgan fingerprint density at radius 2 is 1.90 bits per heavy atom. The Morgan fingerprint density at radius 3 is 2.52 bits per heavy atom. The summed E-state index contributed by atoms with van der Waals surface area (Å²) in [5.41, 5.74) is 2.57. The molecule has 3 aromatic rings. The van der Waals surface area contributed by atoms with E-state index in [0.29, 0.717) is 16.8 Å². The third kappa shape index (κ3) is 3.58. The number of hydrogen-bond donors (Lipinski definition) is 0. The van der Waals surface area contributed by atoms with E-state index in [1.807, 2.05) is 43.5 Å². The second-order valence-corrected chi connectivity index (χ2v) is 6.01. The fourth-order valence-corrected chi connectivity index (χ4v) is 2.50. The van der Waals surface area contributed by atoms with Gasteiger partial charge in [-0.2, -0.15) is 0 Å². The third-order valence-corrected chi connectivity index (χ3v) is 3.56. The molecule has 3 nitrogen and oxygen atoms in total. The van der Waals surface area contributed by atoms with E-state index >= 15 is 0 Å². The average Bonchev–Trinajstić information content (AvgIpc) is 2.85. The zero-order chi connectivity index (χ0) is 15.4. The fraction of sp³-hybridized carbons (Fsp3) is 0.294. The van der Waals surface area contributed by atoms with Gasteiger partial charge in [0.2, 0.25) is 0 Å². The van der Waals surface area contributed by atoms with Gasteiger partial charge in [0.1, 0.15) is 5.58 Å². The van der Waals surface area contributed by atoms with E-state index in [-0.39, 0.29) is 5.63 Å². The van der Waals surface area contributed by atoms with Crippen molar-refractivity contribution in [1.29, 1.82) is 0 Å². The summed E-state index contributed by atoms with van der Waals surface area (Å²) in [7, 11) is 0. The van der Waals surface area contributed by atoms with Crippen molar-refractivity contribution < 1.29 is 4.42 Å². The Morgan fingerprint density at radius 1 is 1.19 bits per heavy atom. The summed E-state index contributed by atoms with van der Waals surface area (Å²) in [6, 6.07) is 7.66. The van der Waals surface area contributed by atoms with Gasteiger partial charge in [0.15, 0.2) is 0 Å². The highest BCUT2D eigenvalue weighted by Gasteiger charge is 2.10. The molecule has 0 atom stereocenters. The Kier molecular flexibility index (Phi) is 4.91. The normalized spacial score (nSPS) is 10.3. The lowest BCUT2D eigenvalue weighted by molar-refractivity contribution is 0.563. The van der Waals surface area contributed by atoms with E-state index in [1.54, 1.807) is 0 Å². The maximum absolute atomic E-state index is 12.0. The standard InChI is InChI=1S/C14H11NO2S.C3H8/c1-8-3-4-10-6-11(12-7-18-9(2)15-12)14(16)17-13(10)5-8;1-3-2/h3-7H,1-2H3;3H2,1-2H3. The first-order valence-electron chi connectivity index (χ1n) is 7.02. The van der Waals surface area contributed by atoms with Crippen molar-refractivity contribution in [3.63, 3.8) is 0 Å². The van der Waals surface area contributed by atoms with Gasteiger partial charge in [-0.1, -0.05) is 32.4 Å². The molecule has 0 unspecified atom stereocenters. The first kappa shape index (κ1) is 15.4. The summed E-state index contributed by atoms with van der Waals surface area (Å²) >= 11 is 1.52. The molecule has 0 aliphatic heterocycles. The zero-order valence-corrected chi connectivity index (χ0v) is 13.6. The average molecular weight is 301 g/mol. The van der Waals surface area contributed by atoms with E-state index in [1.165, 1.54) is 17.8 Å². The van der Waals surface area contributed by atoms with Crippen LogP contribution in [0.5, 0.6) is 0 Å². The summed E-state index contributed by atoms with van der Waals surface area (Å²) in [6.07, 6.45) is 1.25. The van der Waals surface area contributed by atoms with Gasteiger partial charge < -0.3 is 4.42 Å². The maximum atomic E-state index is 12.0. The monoisotopic (exact) mass is 301 g/mol. The lowest BCUT2D eigenvalue weighted by Crippen LogP contribution is -2.02. The van der Waals surface area contributed by atoms with Crippen LogP contribution >= 0.6 is 11.3 Å². The Bertz CT molecular complexity index is 802. The van der Waals surface area contributed by atoms with Crippen LogP contribution in [0, 0.1) is 13.8 Å². The van der Waals surface area contributed by atoms with Crippen LogP contribution in [0.15, 0.2) is 38.9 Å². The minimum absolute atomic E-state index is 0.335. The van der Waals surface area contributed by atoms with Crippen LogP contribution in [0.2, 0.25) is 0 Å². The SMILES string of the molecule is CCC.Cc1ccc2cc(-c3csc(C)n3)c(=O)oc2c1. The molecule has 0 radical (unpaired) electrons. The smallest absolute Gasteiger partial charge is 0.345 e. The van der Waals surface area contributed by atoms with Gasteiger partial charge >= 0.3 is 5.63 Å². The minimum atomic E-state index is -0.335. The Balaban J connectivity index is 0.000000497. The van der Waals surface area contributed by atoms with E-state index in [4.69, 9.17) is 4.42 Å². The third-order valence-electron chi connectivity index (χ3n) is 2.79. The topological polar surface area (TPSA) is 43.1 Å². The highest BCUT2D eigenvalue weighted by Crippen LogP contribution is 2.23. The number of fused-ring (bicyclic) bond motifs is 1. The van der Waals surface area contributed by atoms with Crippen LogP contribution in [0.4, 0.5) is 0 Å². The Labute approximate surface area is 128 Å². The molecule has 0 amide bonds. The molecular formula is C17H19NO2S. The molecule has 3 rings (SSSR count). The number of nitrogens with zero attached hydrogens (tertiary/aromatic N) is 1. The lowest BCUT2D eigenvalue weighted by atomic mass is 10.1. The van der Waals surface area contributed by atoms with E-state index in [9.17, 15) is 4.79 Å². The minimum Gasteiger partial charge on any atom is -0.422 e.